The maximum Gasteiger partial charge on any atom is 0.224 e. The molecular formula is C30H34ClN3O5S. The van der Waals surface area contributed by atoms with Crippen molar-refractivity contribution in [3.63, 3.8) is 0 Å². The lowest BCUT2D eigenvalue weighted by molar-refractivity contribution is -0.120. The lowest BCUT2D eigenvalue weighted by Gasteiger charge is -2.23. The number of thiophene rings is 1. The molecule has 1 unspecified atom stereocenters. The zero-order valence-corrected chi connectivity index (χ0v) is 24.9. The molecule has 212 valence electrons. The maximum absolute atomic E-state index is 13.4. The second-order valence-electron chi connectivity index (χ2n) is 9.79. The first-order valence-electron chi connectivity index (χ1n) is 12.8. The van der Waals surface area contributed by atoms with E-state index in [1.54, 1.807) is 44.7 Å². The van der Waals surface area contributed by atoms with E-state index in [9.17, 15) is 14.7 Å². The molecule has 2 aromatic carbocycles. The highest BCUT2D eigenvalue weighted by molar-refractivity contribution is 7.19. The van der Waals surface area contributed by atoms with Crippen molar-refractivity contribution in [1.82, 2.24) is 14.8 Å². The van der Waals surface area contributed by atoms with Crippen LogP contribution in [0.25, 0.3) is 10.2 Å². The Morgan fingerprint density at radius 3 is 2.42 bits per heavy atom. The number of rotatable bonds is 11. The minimum Gasteiger partial charge on any atom is -0.496 e. The third kappa shape index (κ3) is 6.50. The third-order valence-electron chi connectivity index (χ3n) is 6.87. The van der Waals surface area contributed by atoms with E-state index in [0.29, 0.717) is 52.0 Å². The van der Waals surface area contributed by atoms with Crippen molar-refractivity contribution < 1.29 is 19.4 Å². The predicted molar refractivity (Wildman–Crippen MR) is 160 cm³/mol. The SMILES string of the molecule is COc1cccc(OC)c1C(O)CN(C)Cc1sc2c(=O)c(CC(=O)NCc3ccc(Cl)cc3)cn(C)c2c1C. The Hall–Kier alpha value is -3.37. The second kappa shape index (κ2) is 12.9. The van der Waals surface area contributed by atoms with Gasteiger partial charge in [0.25, 0.3) is 0 Å². The van der Waals surface area contributed by atoms with Gasteiger partial charge in [-0.2, -0.15) is 0 Å². The van der Waals surface area contributed by atoms with Gasteiger partial charge in [0.1, 0.15) is 11.5 Å². The largest absolute Gasteiger partial charge is 0.496 e. The van der Waals surface area contributed by atoms with Gasteiger partial charge < -0.3 is 24.5 Å². The Bertz CT molecular complexity index is 1540. The van der Waals surface area contributed by atoms with Gasteiger partial charge >= 0.3 is 0 Å². The van der Waals surface area contributed by atoms with Gasteiger partial charge in [0.05, 0.1) is 42.5 Å². The highest BCUT2D eigenvalue weighted by Crippen LogP contribution is 2.35. The first-order chi connectivity index (χ1) is 19.1. The predicted octanol–water partition coefficient (Wildman–Crippen LogP) is 4.60. The van der Waals surface area contributed by atoms with E-state index >= 15 is 0 Å². The number of aryl methyl sites for hydroxylation is 2. The molecule has 0 radical (unpaired) electrons. The van der Waals surface area contributed by atoms with Crippen molar-refractivity contribution in [2.24, 2.45) is 7.05 Å². The minimum atomic E-state index is -0.838. The molecule has 2 N–H and O–H groups in total. The monoisotopic (exact) mass is 583 g/mol. The Balaban J connectivity index is 1.49. The van der Waals surface area contributed by atoms with E-state index in [2.05, 4.69) is 5.32 Å². The number of amides is 1. The molecule has 40 heavy (non-hydrogen) atoms. The van der Waals surface area contributed by atoms with E-state index in [1.807, 2.05) is 48.7 Å². The summed E-state index contributed by atoms with van der Waals surface area (Å²) in [5.74, 6) is 0.900. The summed E-state index contributed by atoms with van der Waals surface area (Å²) in [6.07, 6.45) is 0.905. The van der Waals surface area contributed by atoms with Crippen LogP contribution in [0.15, 0.2) is 53.5 Å². The normalized spacial score (nSPS) is 12.1. The minimum absolute atomic E-state index is 0.00464. The van der Waals surface area contributed by atoms with Crippen LogP contribution in [0.1, 0.15) is 33.2 Å². The summed E-state index contributed by atoms with van der Waals surface area (Å²) < 4.78 is 13.4. The number of aliphatic hydroxyl groups excluding tert-OH is 1. The van der Waals surface area contributed by atoms with E-state index in [-0.39, 0.29) is 17.8 Å². The second-order valence-corrected chi connectivity index (χ2v) is 11.3. The summed E-state index contributed by atoms with van der Waals surface area (Å²) in [6, 6.07) is 12.7. The summed E-state index contributed by atoms with van der Waals surface area (Å²) in [5, 5.41) is 14.6. The van der Waals surface area contributed by atoms with E-state index in [0.717, 1.165) is 21.5 Å². The lowest BCUT2D eigenvalue weighted by atomic mass is 10.1. The molecule has 0 saturated carbocycles. The molecule has 0 saturated heterocycles. The number of carbonyl (C=O) groups excluding carboxylic acids is 1. The number of ether oxygens (including phenoxy) is 2. The number of likely N-dealkylation sites (N-methyl/N-ethyl adjacent to an activating group) is 1. The lowest BCUT2D eigenvalue weighted by Crippen LogP contribution is -2.27. The number of nitrogens with zero attached hydrogens (tertiary/aromatic N) is 2. The first-order valence-corrected chi connectivity index (χ1v) is 14.0. The van der Waals surface area contributed by atoms with Crippen molar-refractivity contribution in [1.29, 1.82) is 0 Å². The average molecular weight is 584 g/mol. The van der Waals surface area contributed by atoms with Gasteiger partial charge in [0.15, 0.2) is 0 Å². The Kier molecular flexibility index (Phi) is 9.52. The van der Waals surface area contributed by atoms with E-state index < -0.39 is 6.10 Å². The number of aromatic nitrogens is 1. The topological polar surface area (TPSA) is 93.0 Å². The van der Waals surface area contributed by atoms with Gasteiger partial charge in [0.2, 0.25) is 11.3 Å². The molecule has 4 rings (SSSR count). The van der Waals surface area contributed by atoms with Crippen LogP contribution < -0.4 is 20.2 Å². The Morgan fingerprint density at radius 1 is 1.15 bits per heavy atom. The molecule has 1 amide bonds. The fourth-order valence-electron chi connectivity index (χ4n) is 4.85. The van der Waals surface area contributed by atoms with Crippen LogP contribution in [0.3, 0.4) is 0 Å². The van der Waals surface area contributed by atoms with Crippen LogP contribution in [-0.2, 0) is 31.4 Å². The molecule has 0 aliphatic rings. The zero-order chi connectivity index (χ0) is 29.0. The number of fused-ring (bicyclic) bond motifs is 1. The number of benzene rings is 2. The highest BCUT2D eigenvalue weighted by atomic mass is 35.5. The molecule has 0 fully saturated rings. The summed E-state index contributed by atoms with van der Waals surface area (Å²) in [4.78, 5) is 29.1. The molecule has 1 atom stereocenters. The summed E-state index contributed by atoms with van der Waals surface area (Å²) in [7, 11) is 6.94. The Morgan fingerprint density at radius 2 is 1.80 bits per heavy atom. The standard InChI is InChI=1S/C30H34ClN3O5S/c1-18-25(17-33(2)16-22(35)27-23(38-4)7-6-8-24(27)39-5)40-30-28(18)34(3)15-20(29(30)37)13-26(36)32-14-19-9-11-21(31)12-10-19/h6-12,15,22,35H,13-14,16-17H2,1-5H3,(H,32,36). The number of halogens is 1. The molecule has 2 aromatic heterocycles. The van der Waals surface area contributed by atoms with E-state index in [4.69, 9.17) is 21.1 Å². The number of hydrogen-bond acceptors (Lipinski definition) is 7. The number of hydrogen-bond donors (Lipinski definition) is 2. The third-order valence-corrected chi connectivity index (χ3v) is 8.38. The molecule has 0 aliphatic carbocycles. The molecule has 10 heteroatoms. The highest BCUT2D eigenvalue weighted by Gasteiger charge is 2.22. The van der Waals surface area contributed by atoms with E-state index in [1.165, 1.54) is 11.3 Å². The van der Waals surface area contributed by atoms with Crippen molar-refractivity contribution in [2.75, 3.05) is 27.8 Å². The van der Waals surface area contributed by atoms with Crippen LogP contribution in [0.5, 0.6) is 11.5 Å². The van der Waals surface area contributed by atoms with Crippen molar-refractivity contribution in [3.8, 4) is 11.5 Å². The molecule has 8 nitrogen and oxygen atoms in total. The summed E-state index contributed by atoms with van der Waals surface area (Å²) in [6.45, 7) is 3.23. The summed E-state index contributed by atoms with van der Waals surface area (Å²) in [5.41, 5.74) is 3.71. The molecular weight excluding hydrogens is 550 g/mol. The molecule has 0 spiro atoms. The van der Waals surface area contributed by atoms with Crippen molar-refractivity contribution in [2.45, 2.75) is 32.5 Å². The average Bonchev–Trinajstić information content (AvgIpc) is 3.26. The zero-order valence-electron chi connectivity index (χ0n) is 23.3. The maximum atomic E-state index is 13.4. The smallest absolute Gasteiger partial charge is 0.224 e. The number of carbonyl (C=O) groups is 1. The van der Waals surface area contributed by atoms with Gasteiger partial charge in [0, 0.05) is 48.3 Å². The fourth-order valence-corrected chi connectivity index (χ4v) is 6.38. The number of nitrogens with one attached hydrogen (secondary N) is 1. The Labute approximate surface area is 242 Å². The van der Waals surface area contributed by atoms with Gasteiger partial charge in [-0.1, -0.05) is 29.8 Å². The van der Waals surface area contributed by atoms with Crippen LogP contribution in [-0.4, -0.2) is 48.3 Å². The molecule has 0 bridgehead atoms. The molecule has 2 heterocycles. The van der Waals surface area contributed by atoms with Gasteiger partial charge in [-0.05, 0) is 49.4 Å². The number of methoxy groups -OCH3 is 2. The van der Waals surface area contributed by atoms with Gasteiger partial charge in [-0.3, -0.25) is 14.5 Å². The van der Waals surface area contributed by atoms with Crippen molar-refractivity contribution >= 4 is 39.1 Å². The van der Waals surface area contributed by atoms with Crippen LogP contribution in [0.4, 0.5) is 0 Å². The summed E-state index contributed by atoms with van der Waals surface area (Å²) >= 11 is 7.36. The van der Waals surface area contributed by atoms with Gasteiger partial charge in [-0.25, -0.2) is 0 Å². The first kappa shape index (κ1) is 29.6. The molecule has 4 aromatic rings. The number of pyridine rings is 1. The number of aliphatic hydroxyl groups is 1. The van der Waals surface area contributed by atoms with Gasteiger partial charge in [-0.15, -0.1) is 11.3 Å². The van der Waals surface area contributed by atoms with Crippen LogP contribution in [0, 0.1) is 6.92 Å². The van der Waals surface area contributed by atoms with Crippen LogP contribution in [0.2, 0.25) is 5.02 Å². The van der Waals surface area contributed by atoms with Crippen molar-refractivity contribution in [3.05, 3.63) is 91.0 Å². The van der Waals surface area contributed by atoms with Crippen LogP contribution >= 0.6 is 22.9 Å². The fraction of sp³-hybridized carbons (Fsp3) is 0.333. The quantitative estimate of drug-likeness (QED) is 0.268. The molecule has 0 aliphatic heterocycles.